The molecular formula is C25H31MnN3O7+2. The molecule has 0 saturated heterocycles. The molecule has 3 rings (SSSR count). The van der Waals surface area contributed by atoms with Gasteiger partial charge in [0.05, 0.1) is 25.3 Å². The van der Waals surface area contributed by atoms with Gasteiger partial charge in [-0.15, -0.1) is 0 Å². The number of nitrogens with zero attached hydrogens (tertiary/aromatic N) is 3. The third-order valence-corrected chi connectivity index (χ3v) is 6.09. The van der Waals surface area contributed by atoms with Crippen LogP contribution in [0.25, 0.3) is 0 Å². The summed E-state index contributed by atoms with van der Waals surface area (Å²) in [6, 6.07) is 12.4. The minimum absolute atomic E-state index is 0. The Hall–Kier alpha value is -2.98. The molecule has 1 heterocycles. The van der Waals surface area contributed by atoms with Crippen LogP contribution in [0.4, 0.5) is 0 Å². The molecule has 1 fully saturated rings. The predicted octanol–water partition coefficient (Wildman–Crippen LogP) is 2.33. The molecule has 1 radical (unpaired) electrons. The van der Waals surface area contributed by atoms with Crippen molar-refractivity contribution in [2.45, 2.75) is 50.9 Å². The molecule has 0 spiro atoms. The number of ether oxygens (including phenoxy) is 1. The smallest absolute Gasteiger partial charge is 0.487 e. The van der Waals surface area contributed by atoms with Gasteiger partial charge in [0.25, 0.3) is 0 Å². The van der Waals surface area contributed by atoms with E-state index >= 15 is 0 Å². The van der Waals surface area contributed by atoms with Crippen LogP contribution in [0.3, 0.4) is 0 Å². The fraction of sp³-hybridized carbons (Fsp3) is 0.440. The molecule has 36 heavy (non-hydrogen) atoms. The van der Waals surface area contributed by atoms with Crippen molar-refractivity contribution in [3.05, 3.63) is 59.9 Å². The number of aliphatic carboxylic acids is 3. The van der Waals surface area contributed by atoms with E-state index in [4.69, 9.17) is 4.74 Å². The molecule has 193 valence electrons. The molecule has 1 saturated carbocycles. The summed E-state index contributed by atoms with van der Waals surface area (Å²) in [5.41, 5.74) is 1.55. The number of pyridine rings is 1. The number of carbonyl (C=O) groups is 3. The second kappa shape index (κ2) is 14.5. The Morgan fingerprint density at radius 1 is 0.833 bits per heavy atom. The number of benzene rings is 1. The first-order valence-corrected chi connectivity index (χ1v) is 11.6. The van der Waals surface area contributed by atoms with Crippen molar-refractivity contribution in [2.75, 3.05) is 19.6 Å². The molecule has 10 nitrogen and oxygen atoms in total. The summed E-state index contributed by atoms with van der Waals surface area (Å²) in [7, 11) is 0. The Labute approximate surface area is 220 Å². The molecule has 2 aromatic rings. The van der Waals surface area contributed by atoms with Crippen LogP contribution >= 0.6 is 0 Å². The van der Waals surface area contributed by atoms with Crippen LogP contribution in [0, 0.1) is 0 Å². The quantitative estimate of drug-likeness (QED) is 0.324. The summed E-state index contributed by atoms with van der Waals surface area (Å²) < 4.78 is 5.99. The van der Waals surface area contributed by atoms with Crippen molar-refractivity contribution in [3.8, 4) is 5.75 Å². The summed E-state index contributed by atoms with van der Waals surface area (Å²) in [4.78, 5) is 42.3. The molecule has 1 aromatic heterocycles. The van der Waals surface area contributed by atoms with Gasteiger partial charge in [0.2, 0.25) is 0 Å². The standard InChI is InChI=1S/C25H31N3O7.Mn/c29-23(30)14-27(20-9-4-5-10-21(20)28(15-24(31)32)16-25(33)34)13-19-22(11-6-12-26-19)35-17-18-7-2-1-3-8-18;/h1-3,6-8,11-12,20-21H,4-5,9-10,13-17H2,(H,29,30)(H,31,32)(H,33,34);/q;+2/t20-,21?;/m0./s1. The number of hydrogen-bond acceptors (Lipinski definition) is 7. The van der Waals surface area contributed by atoms with E-state index in [0.29, 0.717) is 30.9 Å². The van der Waals surface area contributed by atoms with Gasteiger partial charge in [-0.2, -0.15) is 0 Å². The van der Waals surface area contributed by atoms with Crippen molar-refractivity contribution in [1.82, 2.24) is 14.8 Å². The molecule has 1 aliphatic rings. The third-order valence-electron chi connectivity index (χ3n) is 6.09. The minimum Gasteiger partial charge on any atom is -0.487 e. The van der Waals surface area contributed by atoms with E-state index in [2.05, 4.69) is 4.98 Å². The van der Waals surface area contributed by atoms with E-state index in [0.717, 1.165) is 18.4 Å². The van der Waals surface area contributed by atoms with E-state index in [9.17, 15) is 29.7 Å². The van der Waals surface area contributed by atoms with Gasteiger partial charge in [-0.25, -0.2) is 0 Å². The third kappa shape index (κ3) is 8.91. The van der Waals surface area contributed by atoms with Gasteiger partial charge in [-0.1, -0.05) is 43.2 Å². The molecule has 1 unspecified atom stereocenters. The Morgan fingerprint density at radius 2 is 1.39 bits per heavy atom. The number of carboxylic acids is 3. The van der Waals surface area contributed by atoms with Crippen LogP contribution in [-0.4, -0.2) is 79.7 Å². The molecule has 0 aliphatic heterocycles. The zero-order valence-corrected chi connectivity index (χ0v) is 21.0. The van der Waals surface area contributed by atoms with E-state index in [1.807, 2.05) is 30.3 Å². The second-order valence-corrected chi connectivity index (χ2v) is 8.63. The molecule has 2 atom stereocenters. The number of carboxylic acid groups (broad SMARTS) is 3. The fourth-order valence-electron chi connectivity index (χ4n) is 4.65. The second-order valence-electron chi connectivity index (χ2n) is 8.63. The van der Waals surface area contributed by atoms with Gasteiger partial charge in [0, 0.05) is 24.8 Å². The average Bonchev–Trinajstić information content (AvgIpc) is 2.82. The maximum absolute atomic E-state index is 11.8. The van der Waals surface area contributed by atoms with Gasteiger partial charge in [0.15, 0.2) is 0 Å². The van der Waals surface area contributed by atoms with Crippen LogP contribution in [0.1, 0.15) is 36.9 Å². The van der Waals surface area contributed by atoms with Gasteiger partial charge >= 0.3 is 35.0 Å². The Morgan fingerprint density at radius 3 is 1.97 bits per heavy atom. The van der Waals surface area contributed by atoms with E-state index in [1.165, 1.54) is 4.90 Å². The summed E-state index contributed by atoms with van der Waals surface area (Å²) >= 11 is 0. The Balaban J connectivity index is 0.00000456. The van der Waals surface area contributed by atoms with Gasteiger partial charge in [0.1, 0.15) is 12.4 Å². The number of rotatable bonds is 13. The molecular weight excluding hydrogens is 509 g/mol. The van der Waals surface area contributed by atoms with Crippen molar-refractivity contribution >= 4 is 17.9 Å². The van der Waals surface area contributed by atoms with Crippen LogP contribution in [0.5, 0.6) is 5.75 Å². The van der Waals surface area contributed by atoms with Gasteiger partial charge < -0.3 is 20.1 Å². The van der Waals surface area contributed by atoms with Gasteiger partial charge in [-0.05, 0) is 30.5 Å². The number of hydrogen-bond donors (Lipinski definition) is 3. The summed E-state index contributed by atoms with van der Waals surface area (Å²) in [5.74, 6) is -2.74. The summed E-state index contributed by atoms with van der Waals surface area (Å²) in [6.45, 7) is -0.640. The van der Waals surface area contributed by atoms with Crippen LogP contribution in [0.15, 0.2) is 48.7 Å². The minimum atomic E-state index is -1.12. The maximum Gasteiger partial charge on any atom is 2.00 e. The van der Waals surface area contributed by atoms with E-state index < -0.39 is 37.0 Å². The maximum atomic E-state index is 11.8. The summed E-state index contributed by atoms with van der Waals surface area (Å²) in [6.07, 6.45) is 4.47. The molecule has 1 aromatic carbocycles. The Kier molecular flexibility index (Phi) is 11.8. The zero-order chi connectivity index (χ0) is 25.2. The first-order valence-electron chi connectivity index (χ1n) is 11.6. The van der Waals surface area contributed by atoms with Crippen molar-refractivity contribution in [1.29, 1.82) is 0 Å². The molecule has 0 amide bonds. The molecule has 3 N–H and O–H groups in total. The zero-order valence-electron chi connectivity index (χ0n) is 19.8. The van der Waals surface area contributed by atoms with Crippen LogP contribution in [0.2, 0.25) is 0 Å². The SMILES string of the molecule is O=C(O)CN(CC(=O)O)C1CCCC[C@@H]1N(CC(=O)O)Cc1ncccc1OCc1ccccc1.[Mn+2]. The first kappa shape index (κ1) is 29.3. The largest absolute Gasteiger partial charge is 2.00 e. The Bertz CT molecular complexity index is 992. The average molecular weight is 540 g/mol. The van der Waals surface area contributed by atoms with Crippen molar-refractivity contribution < 1.29 is 51.5 Å². The van der Waals surface area contributed by atoms with Crippen LogP contribution < -0.4 is 4.74 Å². The first-order chi connectivity index (χ1) is 16.8. The fourth-order valence-corrected chi connectivity index (χ4v) is 4.65. The van der Waals surface area contributed by atoms with E-state index in [1.54, 1.807) is 23.2 Å². The monoisotopic (exact) mass is 540 g/mol. The van der Waals surface area contributed by atoms with Gasteiger partial charge in [-0.3, -0.25) is 29.2 Å². The molecule has 0 bridgehead atoms. The van der Waals surface area contributed by atoms with Crippen molar-refractivity contribution in [2.24, 2.45) is 0 Å². The molecule has 1 aliphatic carbocycles. The molecule has 11 heteroatoms. The van der Waals surface area contributed by atoms with Crippen molar-refractivity contribution in [3.63, 3.8) is 0 Å². The number of aromatic nitrogens is 1. The summed E-state index contributed by atoms with van der Waals surface area (Å²) in [5, 5.41) is 28.3. The van der Waals surface area contributed by atoms with E-state index in [-0.39, 0.29) is 36.2 Å². The normalized spacial score (nSPS) is 17.4. The van der Waals surface area contributed by atoms with Crippen LogP contribution in [-0.2, 0) is 44.6 Å². The predicted molar refractivity (Wildman–Crippen MR) is 126 cm³/mol. The topological polar surface area (TPSA) is 140 Å².